The van der Waals surface area contributed by atoms with Crippen molar-refractivity contribution in [3.63, 3.8) is 0 Å². The Kier molecular flexibility index (Phi) is 13.7. The lowest BCUT2D eigenvalue weighted by Gasteiger charge is -2.31. The summed E-state index contributed by atoms with van der Waals surface area (Å²) in [6, 6.07) is 11.0. The average molecular weight is 745 g/mol. The number of amides is 1. The van der Waals surface area contributed by atoms with E-state index >= 15 is 0 Å². The molecule has 0 radical (unpaired) electrons. The highest BCUT2D eigenvalue weighted by atomic mass is 32.2. The lowest BCUT2D eigenvalue weighted by Crippen LogP contribution is -2.51. The number of aliphatic hydroxyl groups is 1. The molecule has 2 unspecified atom stereocenters. The number of nitrogens with one attached hydrogen (secondary N) is 1. The van der Waals surface area contributed by atoms with Crippen molar-refractivity contribution in [3.8, 4) is 11.5 Å². The van der Waals surface area contributed by atoms with E-state index in [-0.39, 0.29) is 48.6 Å². The second kappa shape index (κ2) is 17.3. The van der Waals surface area contributed by atoms with Crippen LogP contribution in [0.2, 0.25) is 0 Å². The maximum atomic E-state index is 13.8. The first-order chi connectivity index (χ1) is 23.6. The molecule has 50 heavy (non-hydrogen) atoms. The first kappa shape index (κ1) is 39.5. The molecule has 0 aliphatic carbocycles. The fraction of sp³-hybridized carbons (Fsp3) is 0.562. The van der Waals surface area contributed by atoms with Crippen LogP contribution in [-0.4, -0.2) is 110 Å². The van der Waals surface area contributed by atoms with E-state index < -0.39 is 66.7 Å². The molecule has 278 valence electrons. The van der Waals surface area contributed by atoms with Gasteiger partial charge in [0.2, 0.25) is 10.0 Å². The normalized spacial score (nSPS) is 22.0. The van der Waals surface area contributed by atoms with Gasteiger partial charge < -0.3 is 44.1 Å². The summed E-state index contributed by atoms with van der Waals surface area (Å²) >= 11 is 0. The van der Waals surface area contributed by atoms with Crippen LogP contribution in [0.3, 0.4) is 0 Å². The monoisotopic (exact) mass is 744 g/mol. The molecular formula is C32H45N2O14PS. The molecule has 2 fully saturated rings. The zero-order valence-electron chi connectivity index (χ0n) is 28.2. The number of alkyl carbamates (subject to hydrolysis) is 1. The number of carbonyl (C=O) groups is 2. The van der Waals surface area contributed by atoms with E-state index in [1.165, 1.54) is 47.8 Å². The Bertz CT molecular complexity index is 1590. The molecule has 16 nitrogen and oxygen atoms in total. The Labute approximate surface area is 291 Å². The molecule has 0 aromatic heterocycles. The van der Waals surface area contributed by atoms with Crippen LogP contribution >= 0.6 is 7.60 Å². The Hall–Kier alpha value is -3.28. The number of carboxylic acid groups (broad SMARTS) is 1. The third-order valence-electron chi connectivity index (χ3n) is 8.11. The highest BCUT2D eigenvalue weighted by molar-refractivity contribution is 7.89. The smallest absolute Gasteiger partial charge is 0.407 e. The summed E-state index contributed by atoms with van der Waals surface area (Å²) in [7, 11) is -7.00. The van der Waals surface area contributed by atoms with E-state index in [0.29, 0.717) is 24.3 Å². The van der Waals surface area contributed by atoms with Gasteiger partial charge in [-0.25, -0.2) is 18.0 Å². The van der Waals surface area contributed by atoms with Gasteiger partial charge in [0.1, 0.15) is 17.6 Å². The Morgan fingerprint density at radius 1 is 1.04 bits per heavy atom. The van der Waals surface area contributed by atoms with Crippen LogP contribution in [0, 0.1) is 11.8 Å². The second-order valence-electron chi connectivity index (χ2n) is 12.5. The molecule has 2 heterocycles. The Morgan fingerprint density at radius 3 is 2.32 bits per heavy atom. The summed E-state index contributed by atoms with van der Waals surface area (Å²) in [5.41, 5.74) is 0.589. The van der Waals surface area contributed by atoms with Crippen molar-refractivity contribution in [2.24, 2.45) is 11.8 Å². The largest absolute Gasteiger partial charge is 0.497 e. The van der Waals surface area contributed by atoms with Gasteiger partial charge in [0.25, 0.3) is 0 Å². The van der Waals surface area contributed by atoms with Crippen molar-refractivity contribution in [1.29, 1.82) is 0 Å². The molecule has 2 aromatic carbocycles. The molecule has 2 saturated heterocycles. The van der Waals surface area contributed by atoms with Gasteiger partial charge in [-0.1, -0.05) is 26.0 Å². The SMILES string of the molecule is COc1ccc(S(=O)(=O)N(CC(C)C)C[C@@H](O)[C@H](Cc2ccc(OCP(=O)(O)O[C@@H](C)C(=O)O)cc2)NC(=O)O[C@H]2CO[C@H]3OCCC32)cc1. The maximum absolute atomic E-state index is 13.8. The van der Waals surface area contributed by atoms with E-state index in [1.807, 2.05) is 13.8 Å². The molecule has 7 atom stereocenters. The highest BCUT2D eigenvalue weighted by Crippen LogP contribution is 2.43. The minimum atomic E-state index is -4.39. The van der Waals surface area contributed by atoms with E-state index in [4.69, 9.17) is 28.8 Å². The second-order valence-corrected chi connectivity index (χ2v) is 16.2. The highest BCUT2D eigenvalue weighted by Gasteiger charge is 2.44. The van der Waals surface area contributed by atoms with Gasteiger partial charge in [-0.2, -0.15) is 4.31 Å². The van der Waals surface area contributed by atoms with Crippen LogP contribution in [0.1, 0.15) is 32.8 Å². The van der Waals surface area contributed by atoms with Crippen molar-refractivity contribution in [1.82, 2.24) is 9.62 Å². The number of hydrogen-bond acceptors (Lipinski definition) is 12. The summed E-state index contributed by atoms with van der Waals surface area (Å²) in [6.45, 7) is 5.17. The van der Waals surface area contributed by atoms with Crippen molar-refractivity contribution >= 4 is 29.7 Å². The van der Waals surface area contributed by atoms with Crippen molar-refractivity contribution in [3.05, 3.63) is 54.1 Å². The van der Waals surface area contributed by atoms with Crippen LogP contribution in [0.4, 0.5) is 4.79 Å². The van der Waals surface area contributed by atoms with Crippen LogP contribution < -0.4 is 14.8 Å². The lowest BCUT2D eigenvalue weighted by molar-refractivity contribution is -0.144. The molecule has 0 bridgehead atoms. The van der Waals surface area contributed by atoms with Crippen molar-refractivity contribution in [2.75, 3.05) is 39.8 Å². The fourth-order valence-electron chi connectivity index (χ4n) is 5.52. The number of nitrogens with zero attached hydrogens (tertiary/aromatic N) is 1. The zero-order valence-corrected chi connectivity index (χ0v) is 30.0. The van der Waals surface area contributed by atoms with E-state index in [1.54, 1.807) is 12.1 Å². The first-order valence-corrected chi connectivity index (χ1v) is 19.3. The number of benzene rings is 2. The van der Waals surface area contributed by atoms with E-state index in [9.17, 15) is 32.6 Å². The molecule has 2 aliphatic rings. The minimum Gasteiger partial charge on any atom is -0.497 e. The predicted molar refractivity (Wildman–Crippen MR) is 177 cm³/mol. The number of carboxylic acids is 1. The molecule has 2 aliphatic heterocycles. The van der Waals surface area contributed by atoms with Gasteiger partial charge in [0, 0.05) is 13.1 Å². The number of ether oxygens (including phenoxy) is 5. The summed E-state index contributed by atoms with van der Waals surface area (Å²) in [5, 5.41) is 23.2. The van der Waals surface area contributed by atoms with Gasteiger partial charge in [-0.15, -0.1) is 0 Å². The number of sulfonamides is 1. The zero-order chi connectivity index (χ0) is 36.6. The standard InChI is InChI=1S/C32H45N2O14PS/c1-20(2)16-34(50(41,42)25-11-9-23(43-4)10-12-25)17-28(35)27(33-32(38)47-29-18-45-31-26(29)13-14-44-31)15-22-5-7-24(8-6-22)46-19-49(39,40)48-21(3)30(36)37/h5-12,20-21,26-29,31,35H,13-19H2,1-4H3,(H,33,38)(H,36,37)(H,39,40)/t21-,26?,27-,28+,29-,31+/m0/s1. The van der Waals surface area contributed by atoms with E-state index in [0.717, 1.165) is 6.92 Å². The summed E-state index contributed by atoms with van der Waals surface area (Å²) in [5.74, 6) is -0.984. The lowest BCUT2D eigenvalue weighted by atomic mass is 10.0. The van der Waals surface area contributed by atoms with Crippen molar-refractivity contribution in [2.45, 2.75) is 69.2 Å². The quantitative estimate of drug-likeness (QED) is 0.162. The maximum Gasteiger partial charge on any atom is 0.407 e. The summed E-state index contributed by atoms with van der Waals surface area (Å²) in [4.78, 5) is 34.1. The van der Waals surface area contributed by atoms with Crippen LogP contribution in [-0.2, 0) is 44.5 Å². The number of hydrogen-bond donors (Lipinski definition) is 4. The molecule has 4 N–H and O–H groups in total. The molecule has 2 aromatic rings. The van der Waals surface area contributed by atoms with Crippen LogP contribution in [0.5, 0.6) is 11.5 Å². The first-order valence-electron chi connectivity index (χ1n) is 16.1. The fourth-order valence-corrected chi connectivity index (χ4v) is 8.10. The summed E-state index contributed by atoms with van der Waals surface area (Å²) in [6.07, 6.45) is -4.86. The summed E-state index contributed by atoms with van der Waals surface area (Å²) < 4.78 is 72.8. The number of aliphatic hydroxyl groups excluding tert-OH is 1. The predicted octanol–water partition coefficient (Wildman–Crippen LogP) is 2.81. The third kappa shape index (κ3) is 10.9. The van der Waals surface area contributed by atoms with Gasteiger partial charge in [-0.3, -0.25) is 9.09 Å². The number of aliphatic carboxylic acids is 1. The number of carbonyl (C=O) groups excluding carboxylic acids is 1. The molecule has 18 heteroatoms. The van der Waals surface area contributed by atoms with Gasteiger partial charge >= 0.3 is 19.7 Å². The van der Waals surface area contributed by atoms with Gasteiger partial charge in [0.05, 0.1) is 43.3 Å². The van der Waals surface area contributed by atoms with Crippen molar-refractivity contribution < 1.29 is 65.9 Å². The minimum absolute atomic E-state index is 0.00970. The Morgan fingerprint density at radius 2 is 1.70 bits per heavy atom. The number of rotatable bonds is 18. The Balaban J connectivity index is 1.50. The number of fused-ring (bicyclic) bond motifs is 1. The average Bonchev–Trinajstić information content (AvgIpc) is 3.68. The van der Waals surface area contributed by atoms with E-state index in [2.05, 4.69) is 9.84 Å². The molecule has 1 amide bonds. The number of methoxy groups -OCH3 is 1. The van der Waals surface area contributed by atoms with Gasteiger partial charge in [0.15, 0.2) is 18.7 Å². The molecule has 4 rings (SSSR count). The molecule has 0 saturated carbocycles. The molecular weight excluding hydrogens is 699 g/mol. The van der Waals surface area contributed by atoms with Gasteiger partial charge in [-0.05, 0) is 67.6 Å². The topological polar surface area (TPSA) is 217 Å². The molecule has 0 spiro atoms. The van der Waals surface area contributed by atoms with Crippen LogP contribution in [0.15, 0.2) is 53.4 Å². The third-order valence-corrected chi connectivity index (χ3v) is 11.1. The van der Waals surface area contributed by atoms with Crippen LogP contribution in [0.25, 0.3) is 0 Å².